The van der Waals surface area contributed by atoms with E-state index >= 15 is 0 Å². The average molecular weight is 220 g/mol. The van der Waals surface area contributed by atoms with Gasteiger partial charge in [0.15, 0.2) is 0 Å². The van der Waals surface area contributed by atoms with E-state index in [0.717, 1.165) is 18.4 Å². The molecule has 0 spiro atoms. The van der Waals surface area contributed by atoms with Gasteiger partial charge in [0.25, 0.3) is 0 Å². The van der Waals surface area contributed by atoms with Gasteiger partial charge in [-0.25, -0.2) is 10.9 Å². The van der Waals surface area contributed by atoms with Gasteiger partial charge in [-0.05, 0) is 25.0 Å². The van der Waals surface area contributed by atoms with Crippen LogP contribution in [-0.2, 0) is 10.3 Å². The molecule has 1 heterocycles. The third-order valence-electron chi connectivity index (χ3n) is 2.96. The van der Waals surface area contributed by atoms with Crippen molar-refractivity contribution in [3.8, 4) is 0 Å². The molecule has 78 valence electrons. The van der Waals surface area contributed by atoms with Crippen LogP contribution >= 0.6 is 11.3 Å². The van der Waals surface area contributed by atoms with Crippen LogP contribution in [0.15, 0.2) is 24.3 Å². The van der Waals surface area contributed by atoms with E-state index in [1.165, 1.54) is 9.71 Å². The van der Waals surface area contributed by atoms with Gasteiger partial charge in [0, 0.05) is 5.41 Å². The van der Waals surface area contributed by atoms with E-state index in [9.17, 15) is 0 Å². The van der Waals surface area contributed by atoms with Crippen LogP contribution in [0.25, 0.3) is 10.2 Å². The van der Waals surface area contributed by atoms with Gasteiger partial charge in [0.1, 0.15) is 5.01 Å². The van der Waals surface area contributed by atoms with Crippen LogP contribution in [0.4, 0.5) is 0 Å². The maximum absolute atomic E-state index is 5.16. The predicted octanol–water partition coefficient (Wildman–Crippen LogP) is 2.22. The SMILES string of the molecule is NOCC1(c2nc3ccccc3s2)CC1. The molecule has 1 aromatic heterocycles. The Morgan fingerprint density at radius 3 is 2.87 bits per heavy atom. The van der Waals surface area contributed by atoms with Gasteiger partial charge in [-0.1, -0.05) is 12.1 Å². The first-order valence-electron chi connectivity index (χ1n) is 5.02. The highest BCUT2D eigenvalue weighted by molar-refractivity contribution is 7.18. The Morgan fingerprint density at radius 1 is 1.40 bits per heavy atom. The second kappa shape index (κ2) is 3.27. The standard InChI is InChI=1S/C11H12N2OS/c12-14-7-11(5-6-11)10-13-8-3-1-2-4-9(8)15-10/h1-4H,5-7,12H2. The van der Waals surface area contributed by atoms with E-state index in [1.807, 2.05) is 12.1 Å². The van der Waals surface area contributed by atoms with E-state index in [2.05, 4.69) is 17.1 Å². The molecule has 1 aromatic carbocycles. The van der Waals surface area contributed by atoms with Crippen LogP contribution in [0, 0.1) is 0 Å². The number of hydrogen-bond acceptors (Lipinski definition) is 4. The molecule has 0 amide bonds. The molecule has 0 bridgehead atoms. The molecule has 0 saturated heterocycles. The van der Waals surface area contributed by atoms with Gasteiger partial charge in [0.05, 0.1) is 16.8 Å². The number of rotatable bonds is 3. The minimum atomic E-state index is 0.123. The first-order chi connectivity index (χ1) is 7.34. The monoisotopic (exact) mass is 220 g/mol. The zero-order valence-electron chi connectivity index (χ0n) is 8.27. The van der Waals surface area contributed by atoms with E-state index in [1.54, 1.807) is 11.3 Å². The number of para-hydroxylation sites is 1. The van der Waals surface area contributed by atoms with Crippen molar-refractivity contribution in [2.24, 2.45) is 5.90 Å². The maximum atomic E-state index is 5.16. The van der Waals surface area contributed by atoms with Gasteiger partial charge in [-0.2, -0.15) is 0 Å². The number of benzene rings is 1. The zero-order chi connectivity index (χ0) is 10.3. The van der Waals surface area contributed by atoms with Gasteiger partial charge >= 0.3 is 0 Å². The lowest BCUT2D eigenvalue weighted by Crippen LogP contribution is -2.17. The molecule has 1 aliphatic carbocycles. The summed E-state index contributed by atoms with van der Waals surface area (Å²) < 4.78 is 1.25. The maximum Gasteiger partial charge on any atom is 0.102 e. The number of thiazole rings is 1. The molecule has 3 rings (SSSR count). The average Bonchev–Trinajstić information content (AvgIpc) is 2.91. The third kappa shape index (κ3) is 1.45. The minimum absolute atomic E-state index is 0.123. The summed E-state index contributed by atoms with van der Waals surface area (Å²) in [5.74, 6) is 5.16. The normalized spacial score (nSPS) is 18.2. The summed E-state index contributed by atoms with van der Waals surface area (Å²) in [5, 5.41) is 1.18. The Hall–Kier alpha value is -0.970. The lowest BCUT2D eigenvalue weighted by molar-refractivity contribution is 0.116. The van der Waals surface area contributed by atoms with Crippen molar-refractivity contribution in [2.75, 3.05) is 6.61 Å². The molecular formula is C11H12N2OS. The molecular weight excluding hydrogens is 208 g/mol. The van der Waals surface area contributed by atoms with E-state index in [4.69, 9.17) is 10.7 Å². The van der Waals surface area contributed by atoms with Crippen LogP contribution in [0.1, 0.15) is 17.8 Å². The molecule has 2 aromatic rings. The Bertz CT molecular complexity index is 457. The van der Waals surface area contributed by atoms with Crippen molar-refractivity contribution >= 4 is 21.6 Å². The summed E-state index contributed by atoms with van der Waals surface area (Å²) in [5.41, 5.74) is 1.21. The molecule has 0 unspecified atom stereocenters. The summed E-state index contributed by atoms with van der Waals surface area (Å²) in [6.45, 7) is 0.590. The largest absolute Gasteiger partial charge is 0.304 e. The molecule has 3 nitrogen and oxygen atoms in total. The van der Waals surface area contributed by atoms with Crippen LogP contribution in [0.2, 0.25) is 0 Å². The molecule has 2 N–H and O–H groups in total. The van der Waals surface area contributed by atoms with Gasteiger partial charge < -0.3 is 4.84 Å². The van der Waals surface area contributed by atoms with Crippen LogP contribution in [0.3, 0.4) is 0 Å². The number of hydrogen-bond donors (Lipinski definition) is 1. The van der Waals surface area contributed by atoms with Crippen molar-refractivity contribution in [1.82, 2.24) is 4.98 Å². The lowest BCUT2D eigenvalue weighted by Gasteiger charge is -2.08. The van der Waals surface area contributed by atoms with E-state index < -0.39 is 0 Å². The number of nitrogens with zero attached hydrogens (tertiary/aromatic N) is 1. The Morgan fingerprint density at radius 2 is 2.20 bits per heavy atom. The topological polar surface area (TPSA) is 48.1 Å². The number of nitrogens with two attached hydrogens (primary N) is 1. The van der Waals surface area contributed by atoms with Crippen molar-refractivity contribution in [2.45, 2.75) is 18.3 Å². The fraction of sp³-hybridized carbons (Fsp3) is 0.364. The lowest BCUT2D eigenvalue weighted by atomic mass is 10.1. The summed E-state index contributed by atoms with van der Waals surface area (Å²) in [6.07, 6.45) is 2.29. The summed E-state index contributed by atoms with van der Waals surface area (Å²) in [4.78, 5) is 9.43. The number of fused-ring (bicyclic) bond motifs is 1. The van der Waals surface area contributed by atoms with E-state index in [-0.39, 0.29) is 5.41 Å². The molecule has 0 aliphatic heterocycles. The van der Waals surface area contributed by atoms with Crippen LogP contribution in [0.5, 0.6) is 0 Å². The summed E-state index contributed by atoms with van der Waals surface area (Å²) >= 11 is 1.76. The fourth-order valence-corrected chi connectivity index (χ4v) is 3.03. The fourth-order valence-electron chi connectivity index (χ4n) is 1.83. The first-order valence-corrected chi connectivity index (χ1v) is 5.83. The zero-order valence-corrected chi connectivity index (χ0v) is 9.09. The van der Waals surface area contributed by atoms with Crippen molar-refractivity contribution in [1.29, 1.82) is 0 Å². The highest BCUT2D eigenvalue weighted by Gasteiger charge is 2.47. The minimum Gasteiger partial charge on any atom is -0.304 e. The molecule has 1 fully saturated rings. The second-order valence-corrected chi connectivity index (χ2v) is 5.11. The number of aromatic nitrogens is 1. The molecule has 0 radical (unpaired) electrons. The van der Waals surface area contributed by atoms with Crippen molar-refractivity contribution in [3.63, 3.8) is 0 Å². The van der Waals surface area contributed by atoms with Crippen molar-refractivity contribution in [3.05, 3.63) is 29.3 Å². The molecule has 15 heavy (non-hydrogen) atoms. The first kappa shape index (κ1) is 9.27. The molecule has 0 atom stereocenters. The van der Waals surface area contributed by atoms with Crippen LogP contribution in [-0.4, -0.2) is 11.6 Å². The second-order valence-electron chi connectivity index (χ2n) is 4.08. The van der Waals surface area contributed by atoms with Crippen LogP contribution < -0.4 is 5.90 Å². The van der Waals surface area contributed by atoms with Crippen molar-refractivity contribution < 1.29 is 4.84 Å². The van der Waals surface area contributed by atoms with Gasteiger partial charge in [-0.15, -0.1) is 11.3 Å². The molecule has 1 saturated carbocycles. The molecule has 4 heteroatoms. The quantitative estimate of drug-likeness (QED) is 0.807. The highest BCUT2D eigenvalue weighted by atomic mass is 32.1. The Balaban J connectivity index is 2.05. The predicted molar refractivity (Wildman–Crippen MR) is 60.7 cm³/mol. The Kier molecular flexibility index (Phi) is 2.02. The summed E-state index contributed by atoms with van der Waals surface area (Å²) in [6, 6.07) is 8.22. The third-order valence-corrected chi connectivity index (χ3v) is 4.24. The molecule has 1 aliphatic rings. The van der Waals surface area contributed by atoms with E-state index in [0.29, 0.717) is 6.61 Å². The smallest absolute Gasteiger partial charge is 0.102 e. The van der Waals surface area contributed by atoms with Gasteiger partial charge in [0.2, 0.25) is 0 Å². The Labute approximate surface area is 91.8 Å². The highest BCUT2D eigenvalue weighted by Crippen LogP contribution is 2.50. The van der Waals surface area contributed by atoms with Gasteiger partial charge in [-0.3, -0.25) is 0 Å². The summed E-state index contributed by atoms with van der Waals surface area (Å²) in [7, 11) is 0.